The van der Waals surface area contributed by atoms with Crippen molar-refractivity contribution in [3.63, 3.8) is 0 Å². The molecule has 1 aliphatic carbocycles. The minimum atomic E-state index is -0.864. The van der Waals surface area contributed by atoms with E-state index in [4.69, 9.17) is 0 Å². The van der Waals surface area contributed by atoms with Crippen molar-refractivity contribution < 1.29 is 13.9 Å². The fraction of sp³-hybridized carbons (Fsp3) is 0.889. The van der Waals surface area contributed by atoms with Crippen LogP contribution in [0.1, 0.15) is 25.7 Å². The van der Waals surface area contributed by atoms with Crippen molar-refractivity contribution in [2.45, 2.75) is 36.7 Å². The van der Waals surface area contributed by atoms with Crippen molar-refractivity contribution >= 4 is 21.9 Å². The van der Waals surface area contributed by atoms with E-state index < -0.39 is 6.17 Å². The Hall–Kier alpha value is -0.120. The molecular weight excluding hydrogens is 239 g/mol. The predicted molar refractivity (Wildman–Crippen MR) is 51.6 cm³/mol. The zero-order chi connectivity index (χ0) is 9.84. The summed E-state index contributed by atoms with van der Waals surface area (Å²) >= 11 is 3.38. The highest BCUT2D eigenvalue weighted by molar-refractivity contribution is 9.09. The summed E-state index contributed by atoms with van der Waals surface area (Å²) in [5, 5.41) is 0. The topological polar surface area (TPSA) is 26.3 Å². The molecule has 76 valence electrons. The highest BCUT2D eigenvalue weighted by Crippen LogP contribution is 2.33. The largest absolute Gasteiger partial charge is 0.469 e. The van der Waals surface area contributed by atoms with Crippen molar-refractivity contribution in [3.8, 4) is 0 Å². The molecule has 1 saturated carbocycles. The normalized spacial score (nSPS) is 34.2. The first-order chi connectivity index (χ1) is 6.13. The Labute approximate surface area is 86.0 Å². The smallest absolute Gasteiger partial charge is 0.305 e. The molecule has 0 N–H and O–H groups in total. The number of carbonyl (C=O) groups excluding carboxylic acids is 1. The van der Waals surface area contributed by atoms with Crippen LogP contribution in [0.2, 0.25) is 0 Å². The van der Waals surface area contributed by atoms with Crippen molar-refractivity contribution in [3.05, 3.63) is 0 Å². The van der Waals surface area contributed by atoms with Gasteiger partial charge < -0.3 is 4.74 Å². The minimum Gasteiger partial charge on any atom is -0.469 e. The summed E-state index contributed by atoms with van der Waals surface area (Å²) in [4.78, 5) is 11.2. The van der Waals surface area contributed by atoms with E-state index >= 15 is 0 Å². The predicted octanol–water partition coefficient (Wildman–Crippen LogP) is 2.45. The quantitative estimate of drug-likeness (QED) is 0.558. The molecule has 0 amide bonds. The van der Waals surface area contributed by atoms with Crippen molar-refractivity contribution in [1.29, 1.82) is 0 Å². The number of methoxy groups -OCH3 is 1. The molecule has 3 atom stereocenters. The number of esters is 1. The molecule has 0 heterocycles. The molecule has 0 aromatic carbocycles. The summed E-state index contributed by atoms with van der Waals surface area (Å²) in [5.41, 5.74) is 0. The Bertz CT molecular complexity index is 186. The highest BCUT2D eigenvalue weighted by atomic mass is 79.9. The van der Waals surface area contributed by atoms with Crippen molar-refractivity contribution in [1.82, 2.24) is 0 Å². The highest BCUT2D eigenvalue weighted by Gasteiger charge is 2.30. The summed E-state index contributed by atoms with van der Waals surface area (Å²) < 4.78 is 17.9. The van der Waals surface area contributed by atoms with Gasteiger partial charge in [0.1, 0.15) is 6.17 Å². The SMILES string of the molecule is COC(=O)CC1CCC(Br)CC1F. The monoisotopic (exact) mass is 252 g/mol. The second-order valence-electron chi connectivity index (χ2n) is 3.47. The molecule has 13 heavy (non-hydrogen) atoms. The summed E-state index contributed by atoms with van der Waals surface area (Å²) in [7, 11) is 1.34. The molecule has 0 aromatic heterocycles. The number of carbonyl (C=O) groups is 1. The van der Waals surface area contributed by atoms with E-state index in [1.54, 1.807) is 0 Å². The second kappa shape index (κ2) is 4.94. The van der Waals surface area contributed by atoms with Crippen LogP contribution in [0, 0.1) is 5.92 Å². The van der Waals surface area contributed by atoms with Crippen molar-refractivity contribution in [2.24, 2.45) is 5.92 Å². The summed E-state index contributed by atoms with van der Waals surface area (Å²) in [6.45, 7) is 0. The van der Waals surface area contributed by atoms with Crippen LogP contribution in [0.3, 0.4) is 0 Å². The molecule has 2 nitrogen and oxygen atoms in total. The van der Waals surface area contributed by atoms with Gasteiger partial charge in [-0.05, 0) is 19.3 Å². The van der Waals surface area contributed by atoms with Crippen LogP contribution in [-0.2, 0) is 9.53 Å². The van der Waals surface area contributed by atoms with Gasteiger partial charge in [-0.1, -0.05) is 15.9 Å². The fourth-order valence-corrected chi connectivity index (χ4v) is 2.28. The van der Waals surface area contributed by atoms with Gasteiger partial charge in [0.05, 0.1) is 13.5 Å². The van der Waals surface area contributed by atoms with Gasteiger partial charge in [0.25, 0.3) is 0 Å². The zero-order valence-corrected chi connectivity index (χ0v) is 9.22. The molecule has 1 fully saturated rings. The third-order valence-electron chi connectivity index (χ3n) is 2.50. The number of halogens is 2. The Morgan fingerprint density at radius 1 is 1.62 bits per heavy atom. The van der Waals surface area contributed by atoms with E-state index in [-0.39, 0.29) is 23.1 Å². The molecule has 0 bridgehead atoms. The van der Waals surface area contributed by atoms with E-state index in [0.717, 1.165) is 12.8 Å². The average molecular weight is 253 g/mol. The Kier molecular flexibility index (Phi) is 4.16. The van der Waals surface area contributed by atoms with Crippen LogP contribution in [-0.4, -0.2) is 24.1 Å². The lowest BCUT2D eigenvalue weighted by atomic mass is 9.85. The molecule has 0 spiro atoms. The molecule has 0 radical (unpaired) electrons. The summed E-state index contributed by atoms with van der Waals surface area (Å²) in [5.74, 6) is -0.443. The van der Waals surface area contributed by atoms with Crippen LogP contribution in [0.5, 0.6) is 0 Å². The van der Waals surface area contributed by atoms with E-state index in [9.17, 15) is 9.18 Å². The van der Waals surface area contributed by atoms with Gasteiger partial charge in [0, 0.05) is 10.7 Å². The van der Waals surface area contributed by atoms with Crippen LogP contribution in [0.25, 0.3) is 0 Å². The molecule has 4 heteroatoms. The van der Waals surface area contributed by atoms with Gasteiger partial charge in [-0.15, -0.1) is 0 Å². The lowest BCUT2D eigenvalue weighted by molar-refractivity contribution is -0.142. The molecule has 0 saturated heterocycles. The molecule has 1 aliphatic rings. The average Bonchev–Trinajstić information content (AvgIpc) is 2.09. The van der Waals surface area contributed by atoms with E-state index in [2.05, 4.69) is 20.7 Å². The molecule has 1 rings (SSSR count). The summed E-state index contributed by atoms with van der Waals surface area (Å²) in [6, 6.07) is 0. The lowest BCUT2D eigenvalue weighted by Gasteiger charge is -2.28. The number of ether oxygens (including phenoxy) is 1. The van der Waals surface area contributed by atoms with E-state index in [1.807, 2.05) is 0 Å². The molecule has 3 unspecified atom stereocenters. The van der Waals surface area contributed by atoms with Crippen molar-refractivity contribution in [2.75, 3.05) is 7.11 Å². The third kappa shape index (κ3) is 3.25. The standard InChI is InChI=1S/C9H14BrFO2/c1-13-9(12)4-6-2-3-7(10)5-8(6)11/h6-8H,2-5H2,1H3. The van der Waals surface area contributed by atoms with Crippen LogP contribution < -0.4 is 0 Å². The minimum absolute atomic E-state index is 0.138. The van der Waals surface area contributed by atoms with Crippen LogP contribution >= 0.6 is 15.9 Å². The number of hydrogen-bond donors (Lipinski definition) is 0. The molecule has 0 aliphatic heterocycles. The Morgan fingerprint density at radius 3 is 2.85 bits per heavy atom. The first-order valence-corrected chi connectivity index (χ1v) is 5.40. The van der Waals surface area contributed by atoms with Gasteiger partial charge in [0.15, 0.2) is 0 Å². The van der Waals surface area contributed by atoms with Gasteiger partial charge in [0.2, 0.25) is 0 Å². The maximum atomic E-state index is 13.4. The summed E-state index contributed by atoms with van der Waals surface area (Å²) in [6.07, 6.45) is 1.59. The van der Waals surface area contributed by atoms with Crippen LogP contribution in [0.4, 0.5) is 4.39 Å². The van der Waals surface area contributed by atoms with E-state index in [0.29, 0.717) is 6.42 Å². The first-order valence-electron chi connectivity index (χ1n) is 4.48. The third-order valence-corrected chi connectivity index (χ3v) is 3.33. The fourth-order valence-electron chi connectivity index (χ4n) is 1.66. The Balaban J connectivity index is 2.38. The molecular formula is C9H14BrFO2. The van der Waals surface area contributed by atoms with Gasteiger partial charge >= 0.3 is 5.97 Å². The number of alkyl halides is 2. The maximum Gasteiger partial charge on any atom is 0.305 e. The lowest BCUT2D eigenvalue weighted by Crippen LogP contribution is -2.28. The Morgan fingerprint density at radius 2 is 2.31 bits per heavy atom. The molecule has 0 aromatic rings. The van der Waals surface area contributed by atoms with Gasteiger partial charge in [-0.25, -0.2) is 4.39 Å². The van der Waals surface area contributed by atoms with Gasteiger partial charge in [-0.3, -0.25) is 4.79 Å². The second-order valence-corrected chi connectivity index (χ2v) is 4.76. The van der Waals surface area contributed by atoms with E-state index in [1.165, 1.54) is 7.11 Å². The zero-order valence-electron chi connectivity index (χ0n) is 7.63. The first kappa shape index (κ1) is 11.0. The number of hydrogen-bond acceptors (Lipinski definition) is 2. The number of rotatable bonds is 2. The van der Waals surface area contributed by atoms with Gasteiger partial charge in [-0.2, -0.15) is 0 Å². The van der Waals surface area contributed by atoms with Crippen LogP contribution in [0.15, 0.2) is 0 Å². The maximum absolute atomic E-state index is 13.4.